The maximum atomic E-state index is 12.1. The number of rotatable bonds is 3. The molecule has 19 heavy (non-hydrogen) atoms. The number of anilines is 1. The number of hydrogen-bond acceptors (Lipinski definition) is 5. The van der Waals surface area contributed by atoms with Crippen molar-refractivity contribution in [2.24, 2.45) is 0 Å². The van der Waals surface area contributed by atoms with E-state index in [0.29, 0.717) is 12.1 Å². The van der Waals surface area contributed by atoms with Crippen molar-refractivity contribution >= 4 is 23.5 Å². The van der Waals surface area contributed by atoms with Gasteiger partial charge in [0.1, 0.15) is 0 Å². The molecule has 1 aromatic rings. The molecular weight excluding hydrogens is 262 g/mol. The van der Waals surface area contributed by atoms with Gasteiger partial charge in [-0.15, -0.1) is 0 Å². The normalized spacial score (nSPS) is 21.6. The third-order valence-corrected chi connectivity index (χ3v) is 4.14. The van der Waals surface area contributed by atoms with Gasteiger partial charge in [-0.2, -0.15) is 0 Å². The molecule has 1 unspecified atom stereocenters. The van der Waals surface area contributed by atoms with Crippen LogP contribution in [0.5, 0.6) is 0 Å². The molecule has 102 valence electrons. The van der Waals surface area contributed by atoms with Crippen LogP contribution in [0.25, 0.3) is 0 Å². The summed E-state index contributed by atoms with van der Waals surface area (Å²) in [5.74, 6) is -0.0375. The highest BCUT2D eigenvalue weighted by Crippen LogP contribution is 2.28. The Morgan fingerprint density at radius 1 is 1.53 bits per heavy atom. The molecule has 1 fully saturated rings. The Morgan fingerprint density at radius 2 is 2.47 bits per heavy atom. The SMILES string of the molecule is O=C(NCC1CCCO1)c1ccc2c(c1)SNCN2. The molecule has 3 rings (SSSR count). The van der Waals surface area contributed by atoms with E-state index >= 15 is 0 Å². The quantitative estimate of drug-likeness (QED) is 0.733. The van der Waals surface area contributed by atoms with Crippen LogP contribution >= 0.6 is 11.9 Å². The fourth-order valence-electron chi connectivity index (χ4n) is 2.25. The number of carbonyl (C=O) groups is 1. The number of amides is 1. The van der Waals surface area contributed by atoms with Gasteiger partial charge in [0.25, 0.3) is 5.91 Å². The van der Waals surface area contributed by atoms with Gasteiger partial charge in [-0.1, -0.05) is 0 Å². The van der Waals surface area contributed by atoms with Crippen molar-refractivity contribution in [2.75, 3.05) is 25.1 Å². The fourth-order valence-corrected chi connectivity index (χ4v) is 2.99. The Kier molecular flexibility index (Phi) is 3.91. The summed E-state index contributed by atoms with van der Waals surface area (Å²) in [5.41, 5.74) is 1.76. The minimum atomic E-state index is -0.0375. The summed E-state index contributed by atoms with van der Waals surface area (Å²) in [6.45, 7) is 2.15. The fraction of sp³-hybridized carbons (Fsp3) is 0.462. The predicted molar refractivity (Wildman–Crippen MR) is 75.2 cm³/mol. The van der Waals surface area contributed by atoms with Crippen molar-refractivity contribution in [3.63, 3.8) is 0 Å². The van der Waals surface area contributed by atoms with Crippen LogP contribution in [0.15, 0.2) is 23.1 Å². The zero-order chi connectivity index (χ0) is 13.1. The molecule has 1 aromatic carbocycles. The first-order chi connectivity index (χ1) is 9.33. The smallest absolute Gasteiger partial charge is 0.251 e. The first-order valence-electron chi connectivity index (χ1n) is 6.50. The molecule has 2 aliphatic rings. The number of hydrogen-bond donors (Lipinski definition) is 3. The molecule has 6 heteroatoms. The summed E-state index contributed by atoms with van der Waals surface area (Å²) in [5, 5.41) is 6.16. The van der Waals surface area contributed by atoms with Gasteiger partial charge in [0.05, 0.1) is 18.5 Å². The second kappa shape index (κ2) is 5.81. The number of carbonyl (C=O) groups excluding carboxylic acids is 1. The highest BCUT2D eigenvalue weighted by Gasteiger charge is 2.17. The summed E-state index contributed by atoms with van der Waals surface area (Å²) < 4.78 is 8.63. The average Bonchev–Trinajstić information content (AvgIpc) is 2.97. The van der Waals surface area contributed by atoms with Crippen LogP contribution in [-0.4, -0.2) is 31.8 Å². The Labute approximate surface area is 116 Å². The Bertz CT molecular complexity index is 475. The molecular formula is C13H17N3O2S. The zero-order valence-corrected chi connectivity index (χ0v) is 11.4. The summed E-state index contributed by atoms with van der Waals surface area (Å²) >= 11 is 1.55. The number of benzene rings is 1. The lowest BCUT2D eigenvalue weighted by Crippen LogP contribution is -2.31. The van der Waals surface area contributed by atoms with Crippen LogP contribution in [0.3, 0.4) is 0 Å². The number of ether oxygens (including phenoxy) is 1. The third-order valence-electron chi connectivity index (χ3n) is 3.29. The highest BCUT2D eigenvalue weighted by molar-refractivity contribution is 7.97. The average molecular weight is 279 g/mol. The molecule has 3 N–H and O–H groups in total. The molecule has 0 bridgehead atoms. The van der Waals surface area contributed by atoms with Gasteiger partial charge < -0.3 is 15.4 Å². The van der Waals surface area contributed by atoms with Crippen LogP contribution in [0.1, 0.15) is 23.2 Å². The van der Waals surface area contributed by atoms with Crippen LogP contribution in [-0.2, 0) is 4.74 Å². The standard InChI is InChI=1S/C13H17N3O2S/c17-13(14-7-10-2-1-5-18-10)9-3-4-11-12(6-9)19-16-8-15-11/h3-4,6,10,15-16H,1-2,5,7-8H2,(H,14,17). The van der Waals surface area contributed by atoms with Gasteiger partial charge in [0, 0.05) is 23.6 Å². The van der Waals surface area contributed by atoms with Crippen LogP contribution < -0.4 is 15.4 Å². The minimum absolute atomic E-state index is 0.0375. The first-order valence-corrected chi connectivity index (χ1v) is 7.32. The second-order valence-electron chi connectivity index (χ2n) is 4.66. The van der Waals surface area contributed by atoms with Crippen LogP contribution in [0.4, 0.5) is 5.69 Å². The Hall–Kier alpha value is -1.24. The maximum absolute atomic E-state index is 12.1. The van der Waals surface area contributed by atoms with Crippen molar-refractivity contribution in [1.29, 1.82) is 0 Å². The molecule has 1 saturated heterocycles. The van der Waals surface area contributed by atoms with Gasteiger partial charge in [-0.3, -0.25) is 4.79 Å². The van der Waals surface area contributed by atoms with Crippen molar-refractivity contribution in [3.05, 3.63) is 23.8 Å². The second-order valence-corrected chi connectivity index (χ2v) is 5.59. The molecule has 0 aliphatic carbocycles. The molecule has 5 nitrogen and oxygen atoms in total. The molecule has 0 saturated carbocycles. The van der Waals surface area contributed by atoms with E-state index in [1.807, 2.05) is 18.2 Å². The summed E-state index contributed by atoms with van der Waals surface area (Å²) in [4.78, 5) is 13.1. The van der Waals surface area contributed by atoms with E-state index in [9.17, 15) is 4.79 Å². The molecule has 1 atom stereocenters. The minimum Gasteiger partial charge on any atom is -0.376 e. The lowest BCUT2D eigenvalue weighted by molar-refractivity contribution is 0.0857. The number of nitrogens with one attached hydrogen (secondary N) is 3. The van der Waals surface area contributed by atoms with Gasteiger partial charge in [-0.25, -0.2) is 4.72 Å². The van der Waals surface area contributed by atoms with Crippen molar-refractivity contribution in [1.82, 2.24) is 10.0 Å². The van der Waals surface area contributed by atoms with Crippen LogP contribution in [0, 0.1) is 0 Å². The van der Waals surface area contributed by atoms with Crippen molar-refractivity contribution < 1.29 is 9.53 Å². The number of fused-ring (bicyclic) bond motifs is 1. The van der Waals surface area contributed by atoms with E-state index in [0.717, 1.165) is 36.7 Å². The van der Waals surface area contributed by atoms with E-state index in [4.69, 9.17) is 4.74 Å². The molecule has 2 heterocycles. The van der Waals surface area contributed by atoms with Crippen molar-refractivity contribution in [3.8, 4) is 0 Å². The largest absolute Gasteiger partial charge is 0.376 e. The van der Waals surface area contributed by atoms with E-state index in [1.165, 1.54) is 0 Å². The van der Waals surface area contributed by atoms with E-state index in [-0.39, 0.29) is 12.0 Å². The molecule has 0 spiro atoms. The van der Waals surface area contributed by atoms with Gasteiger partial charge in [0.15, 0.2) is 0 Å². The summed E-state index contributed by atoms with van der Waals surface area (Å²) in [6, 6.07) is 5.71. The topological polar surface area (TPSA) is 62.4 Å². The van der Waals surface area contributed by atoms with Crippen LogP contribution in [0.2, 0.25) is 0 Å². The monoisotopic (exact) mass is 279 g/mol. The Balaban J connectivity index is 1.62. The Morgan fingerprint density at radius 3 is 3.32 bits per heavy atom. The lowest BCUT2D eigenvalue weighted by Gasteiger charge is -2.18. The lowest BCUT2D eigenvalue weighted by atomic mass is 10.2. The molecule has 0 radical (unpaired) electrons. The van der Waals surface area contributed by atoms with Crippen molar-refractivity contribution in [2.45, 2.75) is 23.8 Å². The molecule has 2 aliphatic heterocycles. The molecule has 1 amide bonds. The van der Waals surface area contributed by atoms with E-state index in [1.54, 1.807) is 11.9 Å². The summed E-state index contributed by atoms with van der Waals surface area (Å²) in [6.07, 6.45) is 2.31. The predicted octanol–water partition coefficient (Wildman–Crippen LogP) is 1.58. The third kappa shape index (κ3) is 3.02. The molecule has 0 aromatic heterocycles. The van der Waals surface area contributed by atoms with E-state index in [2.05, 4.69) is 15.4 Å². The zero-order valence-electron chi connectivity index (χ0n) is 10.6. The van der Waals surface area contributed by atoms with Gasteiger partial charge in [-0.05, 0) is 43.0 Å². The first kappa shape index (κ1) is 12.8. The van der Waals surface area contributed by atoms with E-state index < -0.39 is 0 Å². The maximum Gasteiger partial charge on any atom is 0.251 e. The highest BCUT2D eigenvalue weighted by atomic mass is 32.2. The van der Waals surface area contributed by atoms with Gasteiger partial charge in [0.2, 0.25) is 0 Å². The van der Waals surface area contributed by atoms with Gasteiger partial charge >= 0.3 is 0 Å². The summed E-state index contributed by atoms with van der Waals surface area (Å²) in [7, 11) is 0.